The first-order valence-corrected chi connectivity index (χ1v) is 9.98. The van der Waals surface area contributed by atoms with Gasteiger partial charge < -0.3 is 26.0 Å². The van der Waals surface area contributed by atoms with Crippen LogP contribution in [0.4, 0.5) is 10.5 Å². The van der Waals surface area contributed by atoms with E-state index in [1.165, 1.54) is 4.90 Å². The van der Waals surface area contributed by atoms with Crippen molar-refractivity contribution in [3.63, 3.8) is 0 Å². The number of halogens is 1. The number of carbonyl (C=O) groups excluding carboxylic acids is 3. The maximum Gasteiger partial charge on any atom is 0.319 e. The lowest BCUT2D eigenvalue weighted by Crippen LogP contribution is -2.61. The molecule has 2 aromatic rings. The molecule has 2 aromatic carbocycles. The molecule has 2 heterocycles. The minimum Gasteiger partial charge on any atom is -0.508 e. The number of anilines is 1. The molecule has 0 saturated carbocycles. The Bertz CT molecular complexity index is 964. The highest BCUT2D eigenvalue weighted by Crippen LogP contribution is 2.24. The molecule has 0 aliphatic carbocycles. The van der Waals surface area contributed by atoms with Gasteiger partial charge in [-0.1, -0.05) is 23.7 Å². The van der Waals surface area contributed by atoms with E-state index in [0.717, 1.165) is 5.56 Å². The van der Waals surface area contributed by atoms with Crippen molar-refractivity contribution in [1.29, 1.82) is 0 Å². The summed E-state index contributed by atoms with van der Waals surface area (Å²) in [5.41, 5.74) is 1.43. The number of hydrogen-bond donors (Lipinski definition) is 4. The molecule has 8 nitrogen and oxygen atoms in total. The smallest absolute Gasteiger partial charge is 0.319 e. The quantitative estimate of drug-likeness (QED) is 0.595. The molecular weight excluding hydrogens is 408 g/mol. The molecule has 2 aliphatic rings. The Morgan fingerprint density at radius 2 is 1.83 bits per heavy atom. The first kappa shape index (κ1) is 20.0. The maximum absolute atomic E-state index is 12.9. The average Bonchev–Trinajstić information content (AvgIpc) is 3.14. The van der Waals surface area contributed by atoms with Crippen molar-refractivity contribution in [2.45, 2.75) is 31.0 Å². The topological polar surface area (TPSA) is 111 Å². The van der Waals surface area contributed by atoms with Crippen molar-refractivity contribution >= 4 is 35.1 Å². The Labute approximate surface area is 178 Å². The number of nitrogens with one attached hydrogen (secondary N) is 3. The molecule has 9 heteroatoms. The molecule has 0 radical (unpaired) electrons. The molecule has 0 bridgehead atoms. The highest BCUT2D eigenvalue weighted by molar-refractivity contribution is 6.30. The van der Waals surface area contributed by atoms with E-state index in [2.05, 4.69) is 16.0 Å². The van der Waals surface area contributed by atoms with Gasteiger partial charge in [-0.2, -0.15) is 0 Å². The summed E-state index contributed by atoms with van der Waals surface area (Å²) in [7, 11) is 0. The largest absolute Gasteiger partial charge is 0.508 e. The van der Waals surface area contributed by atoms with Crippen LogP contribution in [0.3, 0.4) is 0 Å². The van der Waals surface area contributed by atoms with Gasteiger partial charge in [0.1, 0.15) is 17.8 Å². The lowest BCUT2D eigenvalue weighted by Gasteiger charge is -2.34. The fourth-order valence-corrected chi connectivity index (χ4v) is 3.98. The van der Waals surface area contributed by atoms with E-state index < -0.39 is 18.1 Å². The van der Waals surface area contributed by atoms with E-state index in [0.29, 0.717) is 23.6 Å². The van der Waals surface area contributed by atoms with E-state index in [9.17, 15) is 19.5 Å². The molecule has 0 spiro atoms. The summed E-state index contributed by atoms with van der Waals surface area (Å²) in [5.74, 6) is -0.251. The third-order valence-electron chi connectivity index (χ3n) is 5.31. The van der Waals surface area contributed by atoms with Crippen molar-refractivity contribution in [2.24, 2.45) is 0 Å². The first-order chi connectivity index (χ1) is 14.4. The second-order valence-corrected chi connectivity index (χ2v) is 7.91. The zero-order valence-corrected chi connectivity index (χ0v) is 16.7. The minimum absolute atomic E-state index is 0.142. The predicted molar refractivity (Wildman–Crippen MR) is 111 cm³/mol. The predicted octanol–water partition coefficient (Wildman–Crippen LogP) is 1.88. The van der Waals surface area contributed by atoms with Gasteiger partial charge in [-0.3, -0.25) is 9.59 Å². The fraction of sp³-hybridized carbons (Fsp3) is 0.286. The molecule has 30 heavy (non-hydrogen) atoms. The number of fused-ring (bicyclic) bond motifs is 1. The molecule has 2 fully saturated rings. The fourth-order valence-electron chi connectivity index (χ4n) is 3.85. The van der Waals surface area contributed by atoms with Crippen LogP contribution in [-0.2, 0) is 16.0 Å². The van der Waals surface area contributed by atoms with Gasteiger partial charge >= 0.3 is 6.03 Å². The minimum atomic E-state index is -0.667. The number of phenolic OH excluding ortho intramolecular Hbond substituents is 1. The highest BCUT2D eigenvalue weighted by atomic mass is 35.5. The van der Waals surface area contributed by atoms with Crippen LogP contribution in [0.15, 0.2) is 48.5 Å². The monoisotopic (exact) mass is 428 g/mol. The SMILES string of the molecule is O=C(Nc1ccc(Cl)cc1)N[C@H]1C[C@H]2C(=O)N[C@H](Cc3ccc(O)cc3)C(=O)N2C1. The van der Waals surface area contributed by atoms with Gasteiger partial charge in [0.2, 0.25) is 11.8 Å². The molecule has 2 aliphatic heterocycles. The van der Waals surface area contributed by atoms with Crippen LogP contribution in [0.1, 0.15) is 12.0 Å². The van der Waals surface area contributed by atoms with Crippen LogP contribution < -0.4 is 16.0 Å². The maximum atomic E-state index is 12.9. The zero-order chi connectivity index (χ0) is 21.3. The van der Waals surface area contributed by atoms with Gasteiger partial charge in [0.15, 0.2) is 0 Å². The number of rotatable bonds is 4. The summed E-state index contributed by atoms with van der Waals surface area (Å²) in [4.78, 5) is 39.3. The number of urea groups is 1. The number of benzene rings is 2. The number of amides is 4. The van der Waals surface area contributed by atoms with Crippen LogP contribution in [-0.4, -0.2) is 52.5 Å². The van der Waals surface area contributed by atoms with Gasteiger partial charge in [0, 0.05) is 23.7 Å². The number of phenols is 1. The van der Waals surface area contributed by atoms with E-state index in [1.807, 2.05) is 0 Å². The number of hydrogen-bond acceptors (Lipinski definition) is 4. The summed E-state index contributed by atoms with van der Waals surface area (Å²) < 4.78 is 0. The lowest BCUT2D eigenvalue weighted by molar-refractivity contribution is -0.147. The van der Waals surface area contributed by atoms with Gasteiger partial charge in [-0.25, -0.2) is 4.79 Å². The van der Waals surface area contributed by atoms with Crippen molar-refractivity contribution in [2.75, 3.05) is 11.9 Å². The second kappa shape index (κ2) is 8.23. The Hall–Kier alpha value is -3.26. The van der Waals surface area contributed by atoms with Crippen molar-refractivity contribution in [1.82, 2.24) is 15.5 Å². The van der Waals surface area contributed by atoms with E-state index in [4.69, 9.17) is 11.6 Å². The number of nitrogens with zero attached hydrogens (tertiary/aromatic N) is 1. The van der Waals surface area contributed by atoms with Crippen LogP contribution in [0.5, 0.6) is 5.75 Å². The standard InChI is InChI=1S/C21H21ClN4O4/c22-13-3-5-14(6-4-13)23-21(30)24-15-10-18-19(28)25-17(20(29)26(18)11-15)9-12-1-7-16(27)8-2-12/h1-8,15,17-18,27H,9-11H2,(H,25,28)(H2,23,24,30)/t15-,17+,18-/m0/s1. The summed E-state index contributed by atoms with van der Waals surface area (Å²) >= 11 is 5.84. The van der Waals surface area contributed by atoms with Crippen molar-refractivity contribution in [3.8, 4) is 5.75 Å². The molecule has 4 N–H and O–H groups in total. The van der Waals surface area contributed by atoms with Crippen LogP contribution in [0.25, 0.3) is 0 Å². The Kier molecular flexibility index (Phi) is 5.50. The average molecular weight is 429 g/mol. The van der Waals surface area contributed by atoms with E-state index in [-0.39, 0.29) is 30.2 Å². The molecule has 2 saturated heterocycles. The Morgan fingerprint density at radius 1 is 1.13 bits per heavy atom. The summed E-state index contributed by atoms with van der Waals surface area (Å²) in [6.07, 6.45) is 0.695. The van der Waals surface area contributed by atoms with Crippen LogP contribution >= 0.6 is 11.6 Å². The summed E-state index contributed by atoms with van der Waals surface area (Å²) in [6.45, 7) is 0.275. The molecule has 0 unspecified atom stereocenters. The third-order valence-corrected chi connectivity index (χ3v) is 5.57. The summed E-state index contributed by atoms with van der Waals surface area (Å²) in [5, 5.41) is 18.3. The van der Waals surface area contributed by atoms with Gasteiger partial charge in [0.05, 0.1) is 6.04 Å². The summed E-state index contributed by atoms with van der Waals surface area (Å²) in [6, 6.07) is 11.2. The van der Waals surface area contributed by atoms with Crippen molar-refractivity contribution in [3.05, 3.63) is 59.1 Å². The van der Waals surface area contributed by atoms with Crippen LogP contribution in [0.2, 0.25) is 5.02 Å². The number of aromatic hydroxyl groups is 1. The molecule has 4 rings (SSSR count). The Morgan fingerprint density at radius 3 is 2.53 bits per heavy atom. The number of carbonyl (C=O) groups is 3. The van der Waals surface area contributed by atoms with Crippen LogP contribution in [0, 0.1) is 0 Å². The van der Waals surface area contributed by atoms with E-state index in [1.54, 1.807) is 48.5 Å². The van der Waals surface area contributed by atoms with E-state index >= 15 is 0 Å². The lowest BCUT2D eigenvalue weighted by atomic mass is 10.0. The molecule has 4 amide bonds. The van der Waals surface area contributed by atoms with Crippen molar-refractivity contribution < 1.29 is 19.5 Å². The van der Waals surface area contributed by atoms with Gasteiger partial charge in [-0.05, 0) is 48.4 Å². The normalized spacial score (nSPS) is 23.0. The molecule has 156 valence electrons. The zero-order valence-electron chi connectivity index (χ0n) is 16.0. The second-order valence-electron chi connectivity index (χ2n) is 7.48. The molecule has 0 aromatic heterocycles. The van der Waals surface area contributed by atoms with Gasteiger partial charge in [0.25, 0.3) is 0 Å². The third kappa shape index (κ3) is 4.33. The number of piperazine rings is 1. The highest BCUT2D eigenvalue weighted by Gasteiger charge is 2.46. The first-order valence-electron chi connectivity index (χ1n) is 9.61. The molecule has 3 atom stereocenters. The Balaban J connectivity index is 1.36. The van der Waals surface area contributed by atoms with Gasteiger partial charge in [-0.15, -0.1) is 0 Å². The molecular formula is C21H21ClN4O4.